The minimum absolute atomic E-state index is 0.201. The summed E-state index contributed by atoms with van der Waals surface area (Å²) in [5, 5.41) is 3.65. The molecule has 0 fully saturated rings. The summed E-state index contributed by atoms with van der Waals surface area (Å²) in [6, 6.07) is 0. The minimum atomic E-state index is -0.463. The molecule has 0 bridgehead atoms. The number of hydrogen-bond acceptors (Lipinski definition) is 5. The van der Waals surface area contributed by atoms with Crippen LogP contribution in [0, 0.1) is 3.82 Å². The SMILES string of the molecule is CCOC(=O)c1n[nH]sc1=S. The number of ether oxygens (including phenoxy) is 1. The Morgan fingerprint density at radius 2 is 2.64 bits per heavy atom. The molecule has 1 rings (SSSR count). The highest BCUT2D eigenvalue weighted by Crippen LogP contribution is 2.03. The molecule has 1 N–H and O–H groups in total. The Hall–Kier alpha value is -0.750. The number of carbonyl (C=O) groups excluding carboxylic acids is 1. The van der Waals surface area contributed by atoms with E-state index in [9.17, 15) is 4.79 Å². The maximum atomic E-state index is 11.0. The van der Waals surface area contributed by atoms with Crippen LogP contribution in [0.3, 0.4) is 0 Å². The highest BCUT2D eigenvalue weighted by Gasteiger charge is 2.11. The number of H-pyrrole nitrogens is 1. The average Bonchev–Trinajstić information content (AvgIpc) is 2.36. The second kappa shape index (κ2) is 3.59. The van der Waals surface area contributed by atoms with Crippen molar-refractivity contribution in [2.75, 3.05) is 6.61 Å². The fourth-order valence-corrected chi connectivity index (χ4v) is 1.22. The van der Waals surface area contributed by atoms with Gasteiger partial charge in [0.15, 0.2) is 5.69 Å². The van der Waals surface area contributed by atoms with Crippen molar-refractivity contribution in [3.63, 3.8) is 0 Å². The van der Waals surface area contributed by atoms with Gasteiger partial charge in [-0.15, -0.1) is 0 Å². The molecule has 1 aromatic rings. The molecule has 11 heavy (non-hydrogen) atoms. The van der Waals surface area contributed by atoms with Crippen molar-refractivity contribution in [1.82, 2.24) is 9.59 Å². The lowest BCUT2D eigenvalue weighted by Crippen LogP contribution is -2.05. The molecule has 60 valence electrons. The molecule has 0 atom stereocenters. The second-order valence-corrected chi connectivity index (χ2v) is 3.12. The Labute approximate surface area is 72.3 Å². The maximum absolute atomic E-state index is 11.0. The van der Waals surface area contributed by atoms with Gasteiger partial charge < -0.3 is 4.74 Å². The van der Waals surface area contributed by atoms with Gasteiger partial charge in [-0.3, -0.25) is 0 Å². The van der Waals surface area contributed by atoms with Crippen molar-refractivity contribution >= 4 is 29.7 Å². The summed E-state index contributed by atoms with van der Waals surface area (Å²) in [6.07, 6.45) is 0. The first kappa shape index (κ1) is 8.35. The average molecular weight is 190 g/mol. The van der Waals surface area contributed by atoms with Crippen molar-refractivity contribution in [3.8, 4) is 0 Å². The molecule has 0 amide bonds. The van der Waals surface area contributed by atoms with E-state index in [-0.39, 0.29) is 5.69 Å². The van der Waals surface area contributed by atoms with Crippen molar-refractivity contribution in [3.05, 3.63) is 9.52 Å². The molecule has 0 aliphatic rings. The Morgan fingerprint density at radius 3 is 3.09 bits per heavy atom. The van der Waals surface area contributed by atoms with Crippen LogP contribution in [0.5, 0.6) is 0 Å². The van der Waals surface area contributed by atoms with Gasteiger partial charge in [0.2, 0.25) is 0 Å². The molecule has 0 unspecified atom stereocenters. The molecular weight excluding hydrogens is 184 g/mol. The van der Waals surface area contributed by atoms with Crippen LogP contribution in [0.15, 0.2) is 0 Å². The van der Waals surface area contributed by atoms with Gasteiger partial charge >= 0.3 is 5.97 Å². The number of aromatic amines is 1. The number of rotatable bonds is 2. The number of nitrogens with one attached hydrogen (secondary N) is 1. The highest BCUT2D eigenvalue weighted by atomic mass is 32.2. The quantitative estimate of drug-likeness (QED) is 0.565. The van der Waals surface area contributed by atoms with Crippen LogP contribution in [0.1, 0.15) is 17.4 Å². The van der Waals surface area contributed by atoms with Crippen LogP contribution in [0.4, 0.5) is 0 Å². The summed E-state index contributed by atoms with van der Waals surface area (Å²) in [5.74, 6) is -0.463. The van der Waals surface area contributed by atoms with Crippen molar-refractivity contribution in [2.45, 2.75) is 6.92 Å². The van der Waals surface area contributed by atoms with E-state index in [4.69, 9.17) is 12.2 Å². The molecule has 0 aromatic carbocycles. The van der Waals surface area contributed by atoms with E-state index in [1.54, 1.807) is 6.92 Å². The van der Waals surface area contributed by atoms with Gasteiger partial charge in [0.1, 0.15) is 3.82 Å². The number of hydrogen-bond donors (Lipinski definition) is 1. The smallest absolute Gasteiger partial charge is 0.361 e. The lowest BCUT2D eigenvalue weighted by atomic mass is 10.5. The Kier molecular flexibility index (Phi) is 2.72. The molecule has 1 aromatic heterocycles. The van der Waals surface area contributed by atoms with E-state index in [0.29, 0.717) is 10.4 Å². The first-order chi connectivity index (χ1) is 5.25. The van der Waals surface area contributed by atoms with Gasteiger partial charge in [0, 0.05) is 0 Å². The summed E-state index contributed by atoms with van der Waals surface area (Å²) in [7, 11) is 0. The van der Waals surface area contributed by atoms with E-state index >= 15 is 0 Å². The molecule has 0 saturated carbocycles. The maximum Gasteiger partial charge on any atom is 0.361 e. The third-order valence-corrected chi connectivity index (χ3v) is 1.96. The largest absolute Gasteiger partial charge is 0.461 e. The van der Waals surface area contributed by atoms with Gasteiger partial charge in [-0.05, 0) is 18.5 Å². The van der Waals surface area contributed by atoms with E-state index in [1.165, 1.54) is 0 Å². The van der Waals surface area contributed by atoms with Crippen LogP contribution < -0.4 is 0 Å². The summed E-state index contributed by atoms with van der Waals surface area (Å²) in [6.45, 7) is 2.07. The van der Waals surface area contributed by atoms with Crippen molar-refractivity contribution < 1.29 is 9.53 Å². The Balaban J connectivity index is 2.85. The normalized spacial score (nSPS) is 9.55. The summed E-state index contributed by atoms with van der Waals surface area (Å²) in [4.78, 5) is 11.0. The van der Waals surface area contributed by atoms with Gasteiger partial charge in [-0.2, -0.15) is 5.10 Å². The molecule has 0 aliphatic heterocycles. The van der Waals surface area contributed by atoms with E-state index in [2.05, 4.69) is 14.3 Å². The number of nitrogens with zero attached hydrogens (tertiary/aromatic N) is 1. The van der Waals surface area contributed by atoms with Crippen LogP contribution in [-0.4, -0.2) is 22.2 Å². The molecular formula is C5H6N2O2S2. The molecule has 4 nitrogen and oxygen atoms in total. The monoisotopic (exact) mass is 190 g/mol. The van der Waals surface area contributed by atoms with Crippen LogP contribution in [0.2, 0.25) is 0 Å². The van der Waals surface area contributed by atoms with E-state index < -0.39 is 5.97 Å². The fourth-order valence-electron chi connectivity index (χ4n) is 0.532. The standard InChI is InChI=1S/C5H6N2O2S2/c1-2-9-4(8)3-5(10)11-7-6-3/h7H,2H2,1H3. The molecule has 0 spiro atoms. The Morgan fingerprint density at radius 1 is 1.91 bits per heavy atom. The lowest BCUT2D eigenvalue weighted by molar-refractivity contribution is 0.0519. The van der Waals surface area contributed by atoms with Gasteiger partial charge in [-0.1, -0.05) is 12.2 Å². The zero-order valence-electron chi connectivity index (χ0n) is 5.79. The van der Waals surface area contributed by atoms with Gasteiger partial charge in [0.05, 0.1) is 6.61 Å². The predicted molar refractivity (Wildman–Crippen MR) is 43.3 cm³/mol. The van der Waals surface area contributed by atoms with Crippen molar-refractivity contribution in [2.24, 2.45) is 0 Å². The molecule has 1 heterocycles. The molecule has 6 heteroatoms. The minimum Gasteiger partial charge on any atom is -0.461 e. The molecule has 0 saturated heterocycles. The first-order valence-electron chi connectivity index (χ1n) is 2.96. The van der Waals surface area contributed by atoms with Gasteiger partial charge in [-0.25, -0.2) is 9.28 Å². The topological polar surface area (TPSA) is 55.0 Å². The Bertz CT molecular complexity index is 303. The number of aromatic nitrogens is 2. The predicted octanol–water partition coefficient (Wildman–Crippen LogP) is 1.38. The van der Waals surface area contributed by atoms with Crippen LogP contribution in [-0.2, 0) is 4.74 Å². The third kappa shape index (κ3) is 1.84. The summed E-state index contributed by atoms with van der Waals surface area (Å²) >= 11 is 5.94. The second-order valence-electron chi connectivity index (χ2n) is 1.66. The number of carbonyl (C=O) groups is 1. The zero-order chi connectivity index (χ0) is 8.27. The summed E-state index contributed by atoms with van der Waals surface area (Å²) < 4.78 is 7.64. The van der Waals surface area contributed by atoms with Crippen LogP contribution in [0.25, 0.3) is 0 Å². The zero-order valence-corrected chi connectivity index (χ0v) is 7.42. The fraction of sp³-hybridized carbons (Fsp3) is 0.400. The van der Waals surface area contributed by atoms with Crippen molar-refractivity contribution in [1.29, 1.82) is 0 Å². The summed E-state index contributed by atoms with van der Waals surface area (Å²) in [5.41, 5.74) is 0.201. The number of esters is 1. The highest BCUT2D eigenvalue weighted by molar-refractivity contribution is 7.73. The van der Waals surface area contributed by atoms with Gasteiger partial charge in [0.25, 0.3) is 0 Å². The first-order valence-corrected chi connectivity index (χ1v) is 4.19. The molecule has 0 radical (unpaired) electrons. The van der Waals surface area contributed by atoms with E-state index in [0.717, 1.165) is 11.5 Å². The van der Waals surface area contributed by atoms with Crippen LogP contribution >= 0.6 is 23.8 Å². The third-order valence-electron chi connectivity index (χ3n) is 0.958. The van der Waals surface area contributed by atoms with E-state index in [1.807, 2.05) is 0 Å². The lowest BCUT2D eigenvalue weighted by Gasteiger charge is -1.94. The molecule has 0 aliphatic carbocycles.